The predicted molar refractivity (Wildman–Crippen MR) is 124 cm³/mol. The third kappa shape index (κ3) is 4.82. The molecule has 7 nitrogen and oxygen atoms in total. The average molecular weight is 440 g/mol. The molecule has 0 bridgehead atoms. The second-order valence-electron chi connectivity index (χ2n) is 10.0. The Morgan fingerprint density at radius 3 is 2.56 bits per heavy atom. The molecule has 3 aromatic rings. The van der Waals surface area contributed by atoms with Crippen molar-refractivity contribution in [1.29, 1.82) is 0 Å². The van der Waals surface area contributed by atoms with Crippen LogP contribution in [0.25, 0.3) is 0 Å². The van der Waals surface area contributed by atoms with Crippen LogP contribution in [-0.2, 0) is 12.8 Å². The van der Waals surface area contributed by atoms with Gasteiger partial charge in [0.2, 0.25) is 0 Å². The SMILES string of the molecule is CC(C)c1cnn(C2CCNCC2Cc2nc(C(C)C)c(Cc3oncc3C(C)C)o2)c1. The molecular weight excluding hydrogens is 402 g/mol. The highest BCUT2D eigenvalue weighted by molar-refractivity contribution is 5.25. The van der Waals surface area contributed by atoms with Gasteiger partial charge in [0.25, 0.3) is 0 Å². The van der Waals surface area contributed by atoms with Crippen LogP contribution in [0.3, 0.4) is 0 Å². The van der Waals surface area contributed by atoms with Crippen molar-refractivity contribution in [3.63, 3.8) is 0 Å². The summed E-state index contributed by atoms with van der Waals surface area (Å²) >= 11 is 0. The normalized spacial score (nSPS) is 19.5. The fourth-order valence-electron chi connectivity index (χ4n) is 4.62. The maximum atomic E-state index is 6.36. The highest BCUT2D eigenvalue weighted by Gasteiger charge is 2.30. The van der Waals surface area contributed by atoms with Crippen LogP contribution in [0.5, 0.6) is 0 Å². The van der Waals surface area contributed by atoms with Gasteiger partial charge in [-0.05, 0) is 36.3 Å². The minimum atomic E-state index is 0.285. The van der Waals surface area contributed by atoms with Crippen molar-refractivity contribution in [2.24, 2.45) is 5.92 Å². The number of oxazole rings is 1. The van der Waals surface area contributed by atoms with Gasteiger partial charge in [0.15, 0.2) is 5.89 Å². The highest BCUT2D eigenvalue weighted by Crippen LogP contribution is 2.31. The Labute approximate surface area is 191 Å². The van der Waals surface area contributed by atoms with Crippen LogP contribution in [0.2, 0.25) is 0 Å². The lowest BCUT2D eigenvalue weighted by atomic mass is 9.90. The number of hydrogen-bond acceptors (Lipinski definition) is 6. The molecule has 4 rings (SSSR count). The third-order valence-electron chi connectivity index (χ3n) is 6.57. The lowest BCUT2D eigenvalue weighted by Crippen LogP contribution is -2.39. The van der Waals surface area contributed by atoms with Crippen LogP contribution in [-0.4, -0.2) is 33.0 Å². The molecule has 1 fully saturated rings. The fourth-order valence-corrected chi connectivity index (χ4v) is 4.62. The summed E-state index contributed by atoms with van der Waals surface area (Å²) in [4.78, 5) is 4.93. The van der Waals surface area contributed by atoms with Crippen molar-refractivity contribution in [3.8, 4) is 0 Å². The second kappa shape index (κ2) is 9.61. The maximum absolute atomic E-state index is 6.36. The Kier molecular flexibility index (Phi) is 6.84. The molecule has 0 aromatic carbocycles. The van der Waals surface area contributed by atoms with E-state index in [-0.39, 0.29) is 5.92 Å². The molecule has 1 N–H and O–H groups in total. The van der Waals surface area contributed by atoms with Crippen LogP contribution in [0.15, 0.2) is 27.5 Å². The van der Waals surface area contributed by atoms with E-state index < -0.39 is 0 Å². The maximum Gasteiger partial charge on any atom is 0.195 e. The first kappa shape index (κ1) is 22.8. The van der Waals surface area contributed by atoms with E-state index >= 15 is 0 Å². The number of aromatic nitrogens is 4. The third-order valence-corrected chi connectivity index (χ3v) is 6.57. The van der Waals surface area contributed by atoms with E-state index in [0.717, 1.165) is 54.6 Å². The Morgan fingerprint density at radius 2 is 1.88 bits per heavy atom. The molecular formula is C25H37N5O2. The minimum absolute atomic E-state index is 0.285. The van der Waals surface area contributed by atoms with Gasteiger partial charge in [-0.2, -0.15) is 5.10 Å². The molecule has 0 spiro atoms. The molecule has 4 heterocycles. The molecule has 0 radical (unpaired) electrons. The highest BCUT2D eigenvalue weighted by atomic mass is 16.5. The molecule has 32 heavy (non-hydrogen) atoms. The standard InChI is InChI=1S/C25H37N5O2/c1-15(2)19-12-27-30(14-19)21-7-8-26-11-18(21)9-24-29-25(17(5)6)23(31-24)10-22-20(16(3)4)13-28-32-22/h12-18,21,26H,7-11H2,1-6H3. The number of nitrogens with one attached hydrogen (secondary N) is 1. The summed E-state index contributed by atoms with van der Waals surface area (Å²) in [6.07, 6.45) is 8.49. The van der Waals surface area contributed by atoms with E-state index in [1.807, 2.05) is 12.4 Å². The monoisotopic (exact) mass is 439 g/mol. The lowest BCUT2D eigenvalue weighted by Gasteiger charge is -2.31. The summed E-state index contributed by atoms with van der Waals surface area (Å²) in [7, 11) is 0. The van der Waals surface area contributed by atoms with E-state index in [2.05, 4.69) is 62.9 Å². The summed E-state index contributed by atoms with van der Waals surface area (Å²) in [5.41, 5.74) is 3.44. The van der Waals surface area contributed by atoms with E-state index in [9.17, 15) is 0 Å². The van der Waals surface area contributed by atoms with Crippen LogP contribution in [0.1, 0.15) is 106 Å². The van der Waals surface area contributed by atoms with Crippen molar-refractivity contribution >= 4 is 0 Å². The largest absolute Gasteiger partial charge is 0.445 e. The first-order valence-corrected chi connectivity index (χ1v) is 12.0. The van der Waals surface area contributed by atoms with Crippen molar-refractivity contribution in [1.82, 2.24) is 25.2 Å². The zero-order valence-electron chi connectivity index (χ0n) is 20.3. The van der Waals surface area contributed by atoms with Gasteiger partial charge >= 0.3 is 0 Å². The Balaban J connectivity index is 1.56. The molecule has 0 amide bonds. The Bertz CT molecular complexity index is 1010. The number of rotatable bonds is 8. The fraction of sp³-hybridized carbons (Fsp3) is 0.640. The summed E-state index contributed by atoms with van der Waals surface area (Å²) < 4.78 is 14.1. The number of piperidine rings is 1. The van der Waals surface area contributed by atoms with Gasteiger partial charge in [-0.3, -0.25) is 4.68 Å². The molecule has 7 heteroatoms. The molecule has 174 valence electrons. The van der Waals surface area contributed by atoms with Gasteiger partial charge in [-0.1, -0.05) is 46.7 Å². The molecule has 2 unspecified atom stereocenters. The molecule has 3 aromatic heterocycles. The molecule has 1 saturated heterocycles. The summed E-state index contributed by atoms with van der Waals surface area (Å²) in [5.74, 6) is 4.09. The number of nitrogens with zero attached hydrogens (tertiary/aromatic N) is 4. The molecule has 2 atom stereocenters. The summed E-state index contributed by atoms with van der Waals surface area (Å²) in [6.45, 7) is 15.0. The van der Waals surface area contributed by atoms with Crippen molar-refractivity contribution < 1.29 is 8.94 Å². The average Bonchev–Trinajstić information content (AvgIpc) is 3.48. The first-order chi connectivity index (χ1) is 15.3. The van der Waals surface area contributed by atoms with Crippen LogP contribution in [0.4, 0.5) is 0 Å². The van der Waals surface area contributed by atoms with E-state index in [0.29, 0.717) is 30.2 Å². The van der Waals surface area contributed by atoms with Crippen molar-refractivity contribution in [2.75, 3.05) is 13.1 Å². The van der Waals surface area contributed by atoms with Crippen molar-refractivity contribution in [2.45, 2.75) is 84.6 Å². The molecule has 0 aliphatic carbocycles. The van der Waals surface area contributed by atoms with Gasteiger partial charge in [-0.25, -0.2) is 4.98 Å². The van der Waals surface area contributed by atoms with Crippen LogP contribution in [0, 0.1) is 5.92 Å². The molecule has 0 saturated carbocycles. The number of hydrogen-bond donors (Lipinski definition) is 1. The van der Waals surface area contributed by atoms with Gasteiger partial charge < -0.3 is 14.3 Å². The van der Waals surface area contributed by atoms with Gasteiger partial charge in [0.1, 0.15) is 11.5 Å². The molecule has 1 aliphatic heterocycles. The molecule has 1 aliphatic rings. The van der Waals surface area contributed by atoms with Gasteiger partial charge in [-0.15, -0.1) is 0 Å². The van der Waals surface area contributed by atoms with Crippen LogP contribution >= 0.6 is 0 Å². The Hall–Kier alpha value is -2.41. The smallest absolute Gasteiger partial charge is 0.195 e. The first-order valence-electron chi connectivity index (χ1n) is 12.0. The van der Waals surface area contributed by atoms with Gasteiger partial charge in [0.05, 0.1) is 30.6 Å². The Morgan fingerprint density at radius 1 is 1.06 bits per heavy atom. The minimum Gasteiger partial charge on any atom is -0.445 e. The zero-order chi connectivity index (χ0) is 22.8. The van der Waals surface area contributed by atoms with E-state index in [1.165, 1.54) is 5.56 Å². The van der Waals surface area contributed by atoms with E-state index in [4.69, 9.17) is 19.0 Å². The van der Waals surface area contributed by atoms with E-state index in [1.54, 1.807) is 0 Å². The van der Waals surface area contributed by atoms with Gasteiger partial charge in [0, 0.05) is 30.6 Å². The quantitative estimate of drug-likeness (QED) is 0.519. The van der Waals surface area contributed by atoms with Crippen molar-refractivity contribution in [3.05, 3.63) is 52.8 Å². The van der Waals surface area contributed by atoms with Crippen LogP contribution < -0.4 is 5.32 Å². The summed E-state index contributed by atoms with van der Waals surface area (Å²) in [6, 6.07) is 0.350. The summed E-state index contributed by atoms with van der Waals surface area (Å²) in [5, 5.41) is 12.3. The predicted octanol–water partition coefficient (Wildman–Crippen LogP) is 5.21. The zero-order valence-corrected chi connectivity index (χ0v) is 20.3. The lowest BCUT2D eigenvalue weighted by molar-refractivity contribution is 0.224. The second-order valence-corrected chi connectivity index (χ2v) is 10.0. The topological polar surface area (TPSA) is 81.9 Å².